The molecule has 0 saturated heterocycles. The molecule has 0 radical (unpaired) electrons. The number of aromatic hydroxyl groups is 1. The van der Waals surface area contributed by atoms with Gasteiger partial charge in [-0.1, -0.05) is 5.56 Å². The molecule has 0 saturated carbocycles. The van der Waals surface area contributed by atoms with Crippen LogP contribution in [0.2, 0.25) is 0 Å². The Morgan fingerprint density at radius 3 is 2.64 bits per heavy atom. The maximum Gasteiger partial charge on any atom is 0.109 e. The van der Waals surface area contributed by atoms with Gasteiger partial charge in [-0.05, 0) is 6.92 Å². The van der Waals surface area contributed by atoms with Gasteiger partial charge in [-0.3, -0.25) is 0 Å². The normalized spacial score (nSPS) is 8.45. The molecule has 1 aromatic carbocycles. The molecule has 1 aromatic rings. The van der Waals surface area contributed by atoms with E-state index >= 15 is 0 Å². The fourth-order valence-corrected chi connectivity index (χ4v) is 0.704. The molecule has 0 unspecified atom stereocenters. The molecule has 0 heterocycles. The summed E-state index contributed by atoms with van der Waals surface area (Å²) in [5.74, 6) is -0.124. The van der Waals surface area contributed by atoms with Gasteiger partial charge in [0.05, 0.1) is 0 Å². The number of Topliss-reactive ketones (excluding diaryl/α,β-unsaturated/α-hetero) is 1. The van der Waals surface area contributed by atoms with Crippen molar-refractivity contribution in [1.82, 2.24) is 0 Å². The van der Waals surface area contributed by atoms with Crippen molar-refractivity contribution in [3.63, 3.8) is 0 Å². The summed E-state index contributed by atoms with van der Waals surface area (Å²) in [6.45, 7) is 1.41. The predicted octanol–water partition coefficient (Wildman–Crippen LogP) is 1.39. The predicted molar refractivity (Wildman–Crippen MR) is 36.9 cm³/mol. The molecule has 1 rings (SSSR count). The quantitative estimate of drug-likeness (QED) is 0.570. The van der Waals surface area contributed by atoms with Crippen LogP contribution in [0.3, 0.4) is 0 Å². The summed E-state index contributed by atoms with van der Waals surface area (Å²) in [5.41, 5.74) is 0.322. The second-order valence-electron chi connectivity index (χ2n) is 2.00. The topological polar surface area (TPSA) is 37.3 Å². The summed E-state index contributed by atoms with van der Waals surface area (Å²) >= 11 is 0. The zero-order valence-corrected chi connectivity index (χ0v) is 12.7. The zero-order valence-electron chi connectivity index (χ0n) is 6.29. The Balaban J connectivity index is 0.000001000. The number of hydrogen-bond donors (Lipinski definition) is 1. The second kappa shape index (κ2) is 3.01. The molecule has 54 valence electrons. The van der Waals surface area contributed by atoms with E-state index in [2.05, 4.69) is 6.07 Å². The Kier molecular flexibility index (Phi) is 2.38. The standard InChI is InChI=1S/C8H7O2.Rf/c1-6(9)7-4-2-3-5-8(7)10;/h3-5,10H,1H3;/q-1;. The summed E-state index contributed by atoms with van der Waals surface area (Å²) in [6, 6.07) is 7.17. The first-order valence-corrected chi connectivity index (χ1v) is 2.92. The minimum atomic E-state index is -0.144. The first-order chi connectivity index (χ1) is 4.72. The van der Waals surface area contributed by atoms with E-state index in [4.69, 9.17) is 5.11 Å². The van der Waals surface area contributed by atoms with Crippen molar-refractivity contribution < 1.29 is 9.90 Å². The van der Waals surface area contributed by atoms with Crippen LogP contribution < -0.4 is 0 Å². The zero-order chi connectivity index (χ0) is 7.56. The Bertz CT molecular complexity index is 258. The third kappa shape index (κ3) is 1.55. The average molecular weight is 402 g/mol. The van der Waals surface area contributed by atoms with Gasteiger partial charge < -0.3 is 9.90 Å². The summed E-state index contributed by atoms with van der Waals surface area (Å²) in [7, 11) is 0. The molecule has 0 aliphatic rings. The minimum Gasteiger partial charge on any atom is -0.533 e. The molecular weight excluding hydrogens is 395 g/mol. The molecule has 1 N–H and O–H groups in total. The Hall–Kier alpha value is -2.31. The molecule has 2 nitrogen and oxygen atoms in total. The van der Waals surface area contributed by atoms with Crippen molar-refractivity contribution in [2.45, 2.75) is 6.92 Å². The number of ketones is 1. The summed E-state index contributed by atoms with van der Waals surface area (Å²) in [6.07, 6.45) is 0. The monoisotopic (exact) mass is 402 g/mol. The summed E-state index contributed by atoms with van der Waals surface area (Å²) in [4.78, 5) is 10.7. The molecule has 0 spiro atoms. The number of hydrogen-bond acceptors (Lipinski definition) is 2. The number of carbonyl (C=O) groups is 1. The molecule has 3 heteroatoms. The van der Waals surface area contributed by atoms with E-state index in [1.54, 1.807) is 6.07 Å². The van der Waals surface area contributed by atoms with Crippen LogP contribution in [0.4, 0.5) is 0 Å². The van der Waals surface area contributed by atoms with Crippen LogP contribution in [-0.4, -0.2) is 10.9 Å². The molecule has 0 aliphatic heterocycles. The van der Waals surface area contributed by atoms with Gasteiger partial charge in [0.1, 0.15) is 5.78 Å². The molecule has 0 aromatic heterocycles. The van der Waals surface area contributed by atoms with Crippen LogP contribution in [0.1, 0.15) is 17.3 Å². The largest absolute Gasteiger partial charge is 0.533 e. The molecule has 0 amide bonds. The van der Waals surface area contributed by atoms with E-state index < -0.39 is 0 Å². The van der Waals surface area contributed by atoms with Crippen LogP contribution >= 0.6 is 0 Å². The number of phenolic OH excluding ortho intramolecular Hbond substituents is 1. The van der Waals surface area contributed by atoms with Gasteiger partial charge in [0.15, 0.2) is 0 Å². The Morgan fingerprint density at radius 2 is 2.27 bits per heavy atom. The molecule has 0 bridgehead atoms. The maximum absolute atomic E-state index is 10.7. The van der Waals surface area contributed by atoms with Crippen LogP contribution in [-0.2, 0) is 0 Å². The first kappa shape index (κ1) is 8.69. The van der Waals surface area contributed by atoms with E-state index in [0.29, 0.717) is 5.56 Å². The molecule has 0 fully saturated rings. The van der Waals surface area contributed by atoms with Crippen LogP contribution in [0.5, 0.6) is 5.75 Å². The van der Waals surface area contributed by atoms with Crippen molar-refractivity contribution in [2.24, 2.45) is 0 Å². The van der Waals surface area contributed by atoms with Crippen molar-refractivity contribution >= 4 is 5.78 Å². The third-order valence-electron chi connectivity index (χ3n) is 1.22. The van der Waals surface area contributed by atoms with Crippen LogP contribution in [0.15, 0.2) is 18.2 Å². The summed E-state index contributed by atoms with van der Waals surface area (Å²) in [5, 5.41) is 9.04. The van der Waals surface area contributed by atoms with Gasteiger partial charge in [-0.25, -0.2) is 0 Å². The Morgan fingerprint density at radius 1 is 1.64 bits per heavy atom. The van der Waals surface area contributed by atoms with Gasteiger partial charge in [0.25, 0.3) is 0 Å². The fraction of sp³-hybridized carbons (Fsp3) is 0.125. The Labute approximate surface area is 59.1 Å². The molecular formula is C8H7O2Rf-. The molecule has 11 heavy (non-hydrogen) atoms. The van der Waals surface area contributed by atoms with Crippen molar-refractivity contribution in [2.75, 3.05) is 0 Å². The number of rotatable bonds is 1. The number of carbonyl (C=O) groups excluding carboxylic acids is 1. The van der Waals surface area contributed by atoms with Crippen molar-refractivity contribution in [3.05, 3.63) is 29.8 Å². The number of phenols is 1. The maximum atomic E-state index is 10.7. The average Bonchev–Trinajstić information content (AvgIpc) is 1.88. The van der Waals surface area contributed by atoms with E-state index in [1.165, 1.54) is 19.1 Å². The van der Waals surface area contributed by atoms with Crippen molar-refractivity contribution in [1.29, 1.82) is 0 Å². The molecule has 0 aliphatic carbocycles. The van der Waals surface area contributed by atoms with Gasteiger partial charge in [0, 0.05) is 5.75 Å². The van der Waals surface area contributed by atoms with E-state index in [-0.39, 0.29) is 11.5 Å². The van der Waals surface area contributed by atoms with E-state index in [1.807, 2.05) is 0 Å². The molecule has 0 atom stereocenters. The smallest absolute Gasteiger partial charge is 0.109 e. The van der Waals surface area contributed by atoms with E-state index in [9.17, 15) is 4.79 Å². The van der Waals surface area contributed by atoms with Crippen LogP contribution in [0, 0.1) is 6.07 Å². The van der Waals surface area contributed by atoms with Crippen LogP contribution in [0.25, 0.3) is 0 Å². The van der Waals surface area contributed by atoms with Gasteiger partial charge >= 0.3 is 0 Å². The fourth-order valence-electron chi connectivity index (χ4n) is 0.704. The number of benzene rings is 1. The second-order valence-corrected chi connectivity index (χ2v) is 2.00. The van der Waals surface area contributed by atoms with Gasteiger partial charge in [-0.15, -0.1) is 6.07 Å². The SMILES string of the molecule is CC(=O)c1c[c-]ccc1O.[Rf]. The first-order valence-electron chi connectivity index (χ1n) is 2.92. The van der Waals surface area contributed by atoms with Gasteiger partial charge in [-0.2, -0.15) is 18.2 Å². The van der Waals surface area contributed by atoms with Gasteiger partial charge in [0.2, 0.25) is 0 Å². The van der Waals surface area contributed by atoms with E-state index in [0.717, 1.165) is 0 Å². The van der Waals surface area contributed by atoms with Crippen molar-refractivity contribution in [3.8, 4) is 5.75 Å². The summed E-state index contributed by atoms with van der Waals surface area (Å²) < 4.78 is 0. The third-order valence-corrected chi connectivity index (χ3v) is 1.22. The minimum absolute atomic E-state index is 0.